The monoisotopic (exact) mass is 317 g/mol. The van der Waals surface area contributed by atoms with E-state index in [1.165, 1.54) is 21.3 Å². The zero-order valence-corrected chi connectivity index (χ0v) is 13.4. The van der Waals surface area contributed by atoms with Crippen LogP contribution in [0.5, 0.6) is 11.5 Å². The molecule has 2 amide bonds. The van der Waals surface area contributed by atoms with Gasteiger partial charge in [0.05, 0.1) is 25.6 Å². The second-order valence-electron chi connectivity index (χ2n) is 6.04. The lowest BCUT2D eigenvalue weighted by atomic mass is 9.63. The van der Waals surface area contributed by atoms with Gasteiger partial charge in [-0.05, 0) is 24.1 Å². The number of rotatable bonds is 3. The Kier molecular flexibility index (Phi) is 3.62. The van der Waals surface area contributed by atoms with Crippen molar-refractivity contribution in [1.29, 1.82) is 0 Å². The summed E-state index contributed by atoms with van der Waals surface area (Å²) in [6, 6.07) is 5.26. The molecule has 6 nitrogen and oxygen atoms in total. The number of fused-ring (bicyclic) bond motifs is 1. The molecule has 1 aromatic rings. The van der Waals surface area contributed by atoms with Crippen molar-refractivity contribution in [3.63, 3.8) is 0 Å². The molecule has 3 rings (SSSR count). The van der Waals surface area contributed by atoms with E-state index in [2.05, 4.69) is 0 Å². The summed E-state index contributed by atoms with van der Waals surface area (Å²) in [5.74, 6) is -0.0574. The lowest BCUT2D eigenvalue weighted by molar-refractivity contribution is -0.138. The maximum atomic E-state index is 12.9. The molecule has 2 atom stereocenters. The third-order valence-electron chi connectivity index (χ3n) is 5.04. The van der Waals surface area contributed by atoms with Gasteiger partial charge in [-0.2, -0.15) is 0 Å². The molecule has 1 saturated heterocycles. The van der Waals surface area contributed by atoms with E-state index < -0.39 is 11.3 Å². The number of ether oxygens (including phenoxy) is 2. The Hall–Kier alpha value is -2.37. The number of likely N-dealkylation sites (tertiary alicyclic amines) is 1. The molecule has 0 N–H and O–H groups in total. The van der Waals surface area contributed by atoms with Gasteiger partial charge in [-0.3, -0.25) is 19.3 Å². The zero-order chi connectivity index (χ0) is 16.8. The Labute approximate surface area is 134 Å². The molecular weight excluding hydrogens is 298 g/mol. The largest absolute Gasteiger partial charge is 0.493 e. The first-order valence-corrected chi connectivity index (χ1v) is 7.52. The smallest absolute Gasteiger partial charge is 0.240 e. The van der Waals surface area contributed by atoms with Crippen LogP contribution >= 0.6 is 0 Å². The number of nitrogens with zero attached hydrogens (tertiary/aromatic N) is 1. The maximum Gasteiger partial charge on any atom is 0.240 e. The summed E-state index contributed by atoms with van der Waals surface area (Å²) in [4.78, 5) is 38.3. The number of Topliss-reactive ketones (excluding diaryl/α,β-unsaturated/α-hetero) is 1. The fraction of sp³-hybridized carbons (Fsp3) is 0.471. The first-order chi connectivity index (χ1) is 11.0. The Balaban J connectivity index is 2.16. The Morgan fingerprint density at radius 1 is 1.13 bits per heavy atom. The Morgan fingerprint density at radius 3 is 2.48 bits per heavy atom. The molecule has 0 bridgehead atoms. The Morgan fingerprint density at radius 2 is 1.83 bits per heavy atom. The van der Waals surface area contributed by atoms with Crippen LogP contribution in [0.15, 0.2) is 18.2 Å². The van der Waals surface area contributed by atoms with Crippen LogP contribution in [0, 0.1) is 5.92 Å². The quantitative estimate of drug-likeness (QED) is 0.786. The molecule has 1 aliphatic carbocycles. The van der Waals surface area contributed by atoms with Gasteiger partial charge in [0, 0.05) is 19.9 Å². The van der Waals surface area contributed by atoms with Crippen LogP contribution in [-0.2, 0) is 19.8 Å². The predicted octanol–water partition coefficient (Wildman–Crippen LogP) is 1.31. The third-order valence-corrected chi connectivity index (χ3v) is 5.04. The van der Waals surface area contributed by atoms with Gasteiger partial charge in [0.15, 0.2) is 11.5 Å². The second-order valence-corrected chi connectivity index (χ2v) is 6.04. The van der Waals surface area contributed by atoms with E-state index in [0.717, 1.165) is 4.90 Å². The lowest BCUT2D eigenvalue weighted by Crippen LogP contribution is -2.44. The molecule has 0 radical (unpaired) electrons. The summed E-state index contributed by atoms with van der Waals surface area (Å²) in [5, 5.41) is 0. The van der Waals surface area contributed by atoms with Crippen LogP contribution in [0.4, 0.5) is 0 Å². The standard InChI is InChI=1S/C17H19NO5/c1-18-15(20)12-9-11(19)6-7-17(12,16(18)21)10-4-5-13(22-2)14(8-10)23-3/h4-5,8,12H,6-7,9H2,1-3H3. The molecule has 122 valence electrons. The van der Waals surface area contributed by atoms with Gasteiger partial charge >= 0.3 is 0 Å². The molecule has 1 saturated carbocycles. The summed E-state index contributed by atoms with van der Waals surface area (Å²) >= 11 is 0. The SMILES string of the molecule is COc1ccc(C23CCC(=O)CC2C(=O)N(C)C3=O)cc1OC. The normalized spacial score (nSPS) is 27.2. The number of imide groups is 1. The number of likely N-dealkylation sites (N-methyl/N-ethyl adjacent to an activating group) is 1. The summed E-state index contributed by atoms with van der Waals surface area (Å²) in [7, 11) is 4.54. The minimum absolute atomic E-state index is 0.0301. The second kappa shape index (κ2) is 5.37. The van der Waals surface area contributed by atoms with Crippen molar-refractivity contribution in [2.75, 3.05) is 21.3 Å². The molecule has 2 aliphatic rings. The average Bonchev–Trinajstić information content (AvgIpc) is 2.76. The van der Waals surface area contributed by atoms with Crippen molar-refractivity contribution in [3.8, 4) is 11.5 Å². The van der Waals surface area contributed by atoms with E-state index in [4.69, 9.17) is 9.47 Å². The minimum Gasteiger partial charge on any atom is -0.493 e. The van der Waals surface area contributed by atoms with Crippen molar-refractivity contribution in [3.05, 3.63) is 23.8 Å². The summed E-state index contributed by atoms with van der Waals surface area (Å²) < 4.78 is 10.6. The third kappa shape index (κ3) is 2.04. The van der Waals surface area contributed by atoms with E-state index in [1.54, 1.807) is 18.2 Å². The summed E-state index contributed by atoms with van der Waals surface area (Å²) in [6.07, 6.45) is 0.766. The molecule has 23 heavy (non-hydrogen) atoms. The molecule has 1 aliphatic heterocycles. The number of hydrogen-bond donors (Lipinski definition) is 0. The lowest BCUT2D eigenvalue weighted by Gasteiger charge is -2.35. The molecular formula is C17H19NO5. The molecule has 0 spiro atoms. The van der Waals surface area contributed by atoms with Gasteiger partial charge in [0.1, 0.15) is 5.78 Å². The molecule has 6 heteroatoms. The first kappa shape index (κ1) is 15.5. The fourth-order valence-electron chi connectivity index (χ4n) is 3.78. The minimum atomic E-state index is -0.973. The van der Waals surface area contributed by atoms with Crippen molar-refractivity contribution in [2.45, 2.75) is 24.7 Å². The van der Waals surface area contributed by atoms with Crippen LogP contribution in [-0.4, -0.2) is 43.8 Å². The summed E-state index contributed by atoms with van der Waals surface area (Å²) in [6.45, 7) is 0. The van der Waals surface area contributed by atoms with Crippen LogP contribution in [0.25, 0.3) is 0 Å². The van der Waals surface area contributed by atoms with Gasteiger partial charge in [-0.25, -0.2) is 0 Å². The molecule has 1 heterocycles. The van der Waals surface area contributed by atoms with Crippen molar-refractivity contribution < 1.29 is 23.9 Å². The van der Waals surface area contributed by atoms with Crippen LogP contribution < -0.4 is 9.47 Å². The highest BCUT2D eigenvalue weighted by molar-refractivity contribution is 6.12. The highest BCUT2D eigenvalue weighted by Crippen LogP contribution is 2.50. The van der Waals surface area contributed by atoms with E-state index in [1.807, 2.05) is 0 Å². The van der Waals surface area contributed by atoms with Crippen LogP contribution in [0.3, 0.4) is 0 Å². The number of ketones is 1. The predicted molar refractivity (Wildman–Crippen MR) is 81.3 cm³/mol. The number of benzene rings is 1. The van der Waals surface area contributed by atoms with Crippen molar-refractivity contribution >= 4 is 17.6 Å². The molecule has 0 aromatic heterocycles. The van der Waals surface area contributed by atoms with Gasteiger partial charge in [0.25, 0.3) is 0 Å². The van der Waals surface area contributed by atoms with Crippen molar-refractivity contribution in [1.82, 2.24) is 4.90 Å². The maximum absolute atomic E-state index is 12.9. The van der Waals surface area contributed by atoms with E-state index in [-0.39, 0.29) is 24.0 Å². The Bertz CT molecular complexity index is 698. The fourth-order valence-corrected chi connectivity index (χ4v) is 3.78. The van der Waals surface area contributed by atoms with Gasteiger partial charge in [-0.1, -0.05) is 6.07 Å². The number of methoxy groups -OCH3 is 2. The number of carbonyl (C=O) groups is 3. The highest BCUT2D eigenvalue weighted by atomic mass is 16.5. The van der Waals surface area contributed by atoms with Crippen LogP contribution in [0.1, 0.15) is 24.8 Å². The molecule has 1 aromatic carbocycles. The van der Waals surface area contributed by atoms with E-state index >= 15 is 0 Å². The average molecular weight is 317 g/mol. The van der Waals surface area contributed by atoms with E-state index in [9.17, 15) is 14.4 Å². The van der Waals surface area contributed by atoms with Crippen molar-refractivity contribution in [2.24, 2.45) is 5.92 Å². The van der Waals surface area contributed by atoms with Gasteiger partial charge in [-0.15, -0.1) is 0 Å². The summed E-state index contributed by atoms with van der Waals surface area (Å²) in [5.41, 5.74) is -0.269. The van der Waals surface area contributed by atoms with Gasteiger partial charge < -0.3 is 9.47 Å². The van der Waals surface area contributed by atoms with Gasteiger partial charge in [0.2, 0.25) is 11.8 Å². The van der Waals surface area contributed by atoms with E-state index in [0.29, 0.717) is 29.9 Å². The number of hydrogen-bond acceptors (Lipinski definition) is 5. The van der Waals surface area contributed by atoms with Crippen LogP contribution in [0.2, 0.25) is 0 Å². The zero-order valence-electron chi connectivity index (χ0n) is 13.4. The molecule has 2 unspecified atom stereocenters. The molecule has 2 fully saturated rings. The highest BCUT2D eigenvalue weighted by Gasteiger charge is 2.61. The number of amides is 2. The topological polar surface area (TPSA) is 72.9 Å². The number of carbonyl (C=O) groups excluding carboxylic acids is 3. The first-order valence-electron chi connectivity index (χ1n) is 7.52.